The van der Waals surface area contributed by atoms with Crippen LogP contribution in [0.1, 0.15) is 39.5 Å². The third-order valence-corrected chi connectivity index (χ3v) is 3.07. The predicted molar refractivity (Wildman–Crippen MR) is 66.9 cm³/mol. The average Bonchev–Trinajstić information content (AvgIpc) is 2.81. The molecule has 4 heteroatoms. The van der Waals surface area contributed by atoms with E-state index in [0.717, 1.165) is 13.2 Å². The molecule has 1 unspecified atom stereocenters. The van der Waals surface area contributed by atoms with Crippen molar-refractivity contribution in [2.45, 2.75) is 45.6 Å². The highest BCUT2D eigenvalue weighted by Crippen LogP contribution is 2.20. The second-order valence-corrected chi connectivity index (χ2v) is 4.63. The average molecular weight is 243 g/mol. The largest absolute Gasteiger partial charge is 0.466 e. The maximum Gasteiger partial charge on any atom is 0.309 e. The molecule has 0 bridgehead atoms. The standard InChI is InChI=1S/C13H25NO3/c1-3-16-13(15)11(2)10-14-8-9-17-12-6-4-5-7-12/h11-12,14H,3-10H2,1-2H3. The monoisotopic (exact) mass is 243 g/mol. The zero-order chi connectivity index (χ0) is 12.5. The number of hydrogen-bond acceptors (Lipinski definition) is 4. The maximum absolute atomic E-state index is 11.3. The fourth-order valence-corrected chi connectivity index (χ4v) is 2.04. The Labute approximate surface area is 104 Å². The van der Waals surface area contributed by atoms with Crippen LogP contribution in [0.2, 0.25) is 0 Å². The normalized spacial score (nSPS) is 18.2. The van der Waals surface area contributed by atoms with Crippen LogP contribution in [0, 0.1) is 5.92 Å². The molecule has 0 saturated heterocycles. The number of carbonyl (C=O) groups excluding carboxylic acids is 1. The van der Waals surface area contributed by atoms with Crippen molar-refractivity contribution in [3.05, 3.63) is 0 Å². The Morgan fingerprint density at radius 2 is 2.12 bits per heavy atom. The second kappa shape index (κ2) is 8.48. The Morgan fingerprint density at radius 3 is 2.76 bits per heavy atom. The maximum atomic E-state index is 11.3. The fraction of sp³-hybridized carbons (Fsp3) is 0.923. The Balaban J connectivity index is 1.94. The molecule has 0 aromatic carbocycles. The van der Waals surface area contributed by atoms with Crippen molar-refractivity contribution < 1.29 is 14.3 Å². The lowest BCUT2D eigenvalue weighted by atomic mass is 10.2. The molecule has 0 radical (unpaired) electrons. The number of hydrogen-bond donors (Lipinski definition) is 1. The first-order valence-corrected chi connectivity index (χ1v) is 6.73. The van der Waals surface area contributed by atoms with Gasteiger partial charge in [0.05, 0.1) is 25.2 Å². The Hall–Kier alpha value is -0.610. The van der Waals surface area contributed by atoms with Crippen LogP contribution < -0.4 is 5.32 Å². The van der Waals surface area contributed by atoms with E-state index in [2.05, 4.69) is 5.32 Å². The van der Waals surface area contributed by atoms with Crippen LogP contribution in [0.5, 0.6) is 0 Å². The summed E-state index contributed by atoms with van der Waals surface area (Å²) in [5, 5.41) is 3.22. The van der Waals surface area contributed by atoms with Crippen molar-refractivity contribution in [1.82, 2.24) is 5.32 Å². The van der Waals surface area contributed by atoms with Crippen LogP contribution in [0.4, 0.5) is 0 Å². The van der Waals surface area contributed by atoms with E-state index in [4.69, 9.17) is 9.47 Å². The Kier molecular flexibility index (Phi) is 7.21. The summed E-state index contributed by atoms with van der Waals surface area (Å²) in [6.07, 6.45) is 5.49. The van der Waals surface area contributed by atoms with Gasteiger partial charge in [-0.1, -0.05) is 19.8 Å². The van der Waals surface area contributed by atoms with Crippen LogP contribution in [-0.4, -0.2) is 38.4 Å². The number of ether oxygens (including phenoxy) is 2. The summed E-state index contributed by atoms with van der Waals surface area (Å²) in [5.41, 5.74) is 0. The lowest BCUT2D eigenvalue weighted by Gasteiger charge is -2.13. The summed E-state index contributed by atoms with van der Waals surface area (Å²) < 4.78 is 10.6. The summed E-state index contributed by atoms with van der Waals surface area (Å²) in [4.78, 5) is 11.3. The van der Waals surface area contributed by atoms with E-state index in [1.165, 1.54) is 25.7 Å². The van der Waals surface area contributed by atoms with Gasteiger partial charge in [-0.25, -0.2) is 0 Å². The van der Waals surface area contributed by atoms with Crippen molar-refractivity contribution in [1.29, 1.82) is 0 Å². The van der Waals surface area contributed by atoms with Gasteiger partial charge in [0, 0.05) is 13.1 Å². The van der Waals surface area contributed by atoms with Gasteiger partial charge in [0.25, 0.3) is 0 Å². The minimum Gasteiger partial charge on any atom is -0.466 e. The van der Waals surface area contributed by atoms with Crippen molar-refractivity contribution in [2.75, 3.05) is 26.3 Å². The van der Waals surface area contributed by atoms with E-state index < -0.39 is 0 Å². The highest BCUT2D eigenvalue weighted by Gasteiger charge is 2.15. The minimum absolute atomic E-state index is 0.0820. The molecular weight excluding hydrogens is 218 g/mol. The van der Waals surface area contributed by atoms with Gasteiger partial charge in [-0.15, -0.1) is 0 Å². The fourth-order valence-electron chi connectivity index (χ4n) is 2.04. The van der Waals surface area contributed by atoms with E-state index >= 15 is 0 Å². The summed E-state index contributed by atoms with van der Waals surface area (Å²) >= 11 is 0. The van der Waals surface area contributed by atoms with Crippen molar-refractivity contribution >= 4 is 5.97 Å². The molecule has 0 heterocycles. The molecule has 17 heavy (non-hydrogen) atoms. The van der Waals surface area contributed by atoms with Crippen LogP contribution in [0.15, 0.2) is 0 Å². The van der Waals surface area contributed by atoms with Crippen molar-refractivity contribution in [2.24, 2.45) is 5.92 Å². The number of nitrogens with one attached hydrogen (secondary N) is 1. The Morgan fingerprint density at radius 1 is 1.41 bits per heavy atom. The molecule has 1 fully saturated rings. The smallest absolute Gasteiger partial charge is 0.309 e. The first-order chi connectivity index (χ1) is 8.24. The first-order valence-electron chi connectivity index (χ1n) is 6.73. The Bertz CT molecular complexity index is 215. The van der Waals surface area contributed by atoms with E-state index in [0.29, 0.717) is 19.3 Å². The molecule has 0 aliphatic heterocycles. The van der Waals surface area contributed by atoms with Gasteiger partial charge in [-0.05, 0) is 19.8 Å². The van der Waals surface area contributed by atoms with E-state index in [1.54, 1.807) is 0 Å². The lowest BCUT2D eigenvalue weighted by molar-refractivity contribution is -0.147. The number of carbonyl (C=O) groups is 1. The van der Waals surface area contributed by atoms with Gasteiger partial charge in [0.2, 0.25) is 0 Å². The molecule has 1 rings (SSSR count). The van der Waals surface area contributed by atoms with Crippen molar-refractivity contribution in [3.63, 3.8) is 0 Å². The molecule has 0 amide bonds. The van der Waals surface area contributed by atoms with Gasteiger partial charge in [-0.2, -0.15) is 0 Å². The van der Waals surface area contributed by atoms with Crippen molar-refractivity contribution in [3.8, 4) is 0 Å². The molecule has 4 nitrogen and oxygen atoms in total. The number of esters is 1. The minimum atomic E-state index is -0.128. The molecule has 1 aliphatic rings. The zero-order valence-electron chi connectivity index (χ0n) is 11.0. The molecule has 1 saturated carbocycles. The van der Waals surface area contributed by atoms with Crippen LogP contribution in [0.25, 0.3) is 0 Å². The quantitative estimate of drug-likeness (QED) is 0.521. The number of rotatable bonds is 8. The highest BCUT2D eigenvalue weighted by atomic mass is 16.5. The van der Waals surface area contributed by atoms with Gasteiger partial charge in [0.15, 0.2) is 0 Å². The molecule has 0 aromatic heterocycles. The van der Waals surface area contributed by atoms with E-state index in [-0.39, 0.29) is 11.9 Å². The highest BCUT2D eigenvalue weighted by molar-refractivity contribution is 5.72. The molecule has 1 atom stereocenters. The van der Waals surface area contributed by atoms with Crippen LogP contribution >= 0.6 is 0 Å². The topological polar surface area (TPSA) is 47.6 Å². The van der Waals surface area contributed by atoms with Gasteiger partial charge in [0.1, 0.15) is 0 Å². The zero-order valence-corrected chi connectivity index (χ0v) is 11.0. The molecule has 0 spiro atoms. The molecule has 1 aliphatic carbocycles. The molecule has 100 valence electrons. The summed E-state index contributed by atoms with van der Waals surface area (Å²) in [6.45, 7) is 6.36. The van der Waals surface area contributed by atoms with Crippen LogP contribution in [-0.2, 0) is 14.3 Å². The van der Waals surface area contributed by atoms with Gasteiger partial charge < -0.3 is 14.8 Å². The summed E-state index contributed by atoms with van der Waals surface area (Å²) in [7, 11) is 0. The van der Waals surface area contributed by atoms with Gasteiger partial charge in [-0.3, -0.25) is 4.79 Å². The third kappa shape index (κ3) is 6.03. The molecular formula is C13H25NO3. The van der Waals surface area contributed by atoms with Gasteiger partial charge >= 0.3 is 5.97 Å². The van der Waals surface area contributed by atoms with Crippen LogP contribution in [0.3, 0.4) is 0 Å². The molecule has 1 N–H and O–H groups in total. The molecule has 0 aromatic rings. The first kappa shape index (κ1) is 14.5. The predicted octanol–water partition coefficient (Wildman–Crippen LogP) is 1.73. The summed E-state index contributed by atoms with van der Waals surface area (Å²) in [6, 6.07) is 0. The third-order valence-electron chi connectivity index (χ3n) is 3.07. The van der Waals surface area contributed by atoms with E-state index in [9.17, 15) is 4.79 Å². The SMILES string of the molecule is CCOC(=O)C(C)CNCCOC1CCCC1. The lowest BCUT2D eigenvalue weighted by Crippen LogP contribution is -2.30. The summed E-state index contributed by atoms with van der Waals surface area (Å²) in [5.74, 6) is -0.210. The van der Waals surface area contributed by atoms with E-state index in [1.807, 2.05) is 13.8 Å². The second-order valence-electron chi connectivity index (χ2n) is 4.63.